The molecule has 20 heavy (non-hydrogen) atoms. The van der Waals surface area contributed by atoms with Gasteiger partial charge in [-0.3, -0.25) is 4.79 Å². The average molecular weight is 299 g/mol. The lowest BCUT2D eigenvalue weighted by atomic mass is 9.76. The molecule has 5 nitrogen and oxygen atoms in total. The van der Waals surface area contributed by atoms with Gasteiger partial charge < -0.3 is 10.8 Å². The maximum atomic E-state index is 11.7. The standard InChI is InChI=1S/C14H21NO4S/c1-11-4-6-12(7-5-11)14(10-15,13(16)17)8-3-9-20(2,18)19/h4-7H,3,8-10,15H2,1-2H3,(H,16,17). The minimum atomic E-state index is -3.10. The molecule has 1 aromatic rings. The van der Waals surface area contributed by atoms with Crippen LogP contribution in [0.5, 0.6) is 0 Å². The Morgan fingerprint density at radius 2 is 1.85 bits per heavy atom. The number of benzene rings is 1. The summed E-state index contributed by atoms with van der Waals surface area (Å²) < 4.78 is 22.4. The first-order valence-electron chi connectivity index (χ1n) is 6.39. The van der Waals surface area contributed by atoms with Crippen LogP contribution in [0.15, 0.2) is 24.3 Å². The predicted octanol–water partition coefficient (Wildman–Crippen LogP) is 1.10. The van der Waals surface area contributed by atoms with E-state index in [0.29, 0.717) is 5.56 Å². The summed E-state index contributed by atoms with van der Waals surface area (Å²) in [6.07, 6.45) is 1.62. The van der Waals surface area contributed by atoms with E-state index in [1.165, 1.54) is 0 Å². The zero-order chi connectivity index (χ0) is 15.4. The van der Waals surface area contributed by atoms with Crippen molar-refractivity contribution in [2.24, 2.45) is 5.73 Å². The molecular formula is C14H21NO4S. The van der Waals surface area contributed by atoms with E-state index in [0.717, 1.165) is 11.8 Å². The topological polar surface area (TPSA) is 97.5 Å². The van der Waals surface area contributed by atoms with Crippen LogP contribution in [-0.4, -0.2) is 38.0 Å². The Morgan fingerprint density at radius 1 is 1.30 bits per heavy atom. The van der Waals surface area contributed by atoms with E-state index < -0.39 is 21.2 Å². The van der Waals surface area contributed by atoms with Crippen LogP contribution < -0.4 is 5.73 Å². The summed E-state index contributed by atoms with van der Waals surface area (Å²) in [4.78, 5) is 11.7. The minimum absolute atomic E-state index is 0.0338. The Bertz CT molecular complexity index is 565. The number of rotatable bonds is 7. The SMILES string of the molecule is Cc1ccc(C(CN)(CCCS(C)(=O)=O)C(=O)O)cc1. The molecule has 0 amide bonds. The molecular weight excluding hydrogens is 278 g/mol. The minimum Gasteiger partial charge on any atom is -0.481 e. The summed E-state index contributed by atoms with van der Waals surface area (Å²) in [5.41, 5.74) is 6.12. The highest BCUT2D eigenvalue weighted by molar-refractivity contribution is 7.90. The molecule has 0 radical (unpaired) electrons. The summed E-state index contributed by atoms with van der Waals surface area (Å²) in [7, 11) is -3.10. The summed E-state index contributed by atoms with van der Waals surface area (Å²) >= 11 is 0. The van der Waals surface area contributed by atoms with Crippen molar-refractivity contribution in [2.45, 2.75) is 25.2 Å². The molecule has 3 N–H and O–H groups in total. The molecule has 0 aliphatic rings. The molecule has 1 unspecified atom stereocenters. The summed E-state index contributed by atoms with van der Waals surface area (Å²) in [5.74, 6) is -1.05. The van der Waals surface area contributed by atoms with Gasteiger partial charge in [0.15, 0.2) is 0 Å². The fourth-order valence-corrected chi connectivity index (χ4v) is 2.86. The van der Waals surface area contributed by atoms with Gasteiger partial charge in [0.2, 0.25) is 0 Å². The molecule has 0 aliphatic heterocycles. The van der Waals surface area contributed by atoms with Gasteiger partial charge in [-0.05, 0) is 25.3 Å². The molecule has 0 fully saturated rings. The molecule has 0 aliphatic carbocycles. The average Bonchev–Trinajstić information content (AvgIpc) is 2.34. The maximum absolute atomic E-state index is 11.7. The highest BCUT2D eigenvalue weighted by Gasteiger charge is 2.38. The normalized spacial score (nSPS) is 14.8. The van der Waals surface area contributed by atoms with Crippen LogP contribution in [0.25, 0.3) is 0 Å². The van der Waals surface area contributed by atoms with Gasteiger partial charge in [0, 0.05) is 18.6 Å². The van der Waals surface area contributed by atoms with Gasteiger partial charge in [-0.2, -0.15) is 0 Å². The van der Waals surface area contributed by atoms with Crippen LogP contribution in [-0.2, 0) is 20.0 Å². The molecule has 0 heterocycles. The summed E-state index contributed by atoms with van der Waals surface area (Å²) in [6.45, 7) is 1.85. The molecule has 112 valence electrons. The van der Waals surface area contributed by atoms with Crippen molar-refractivity contribution in [3.8, 4) is 0 Å². The first kappa shape index (κ1) is 16.7. The molecule has 1 aromatic carbocycles. The third kappa shape index (κ3) is 4.05. The lowest BCUT2D eigenvalue weighted by Crippen LogP contribution is -2.43. The van der Waals surface area contributed by atoms with E-state index in [-0.39, 0.29) is 25.1 Å². The zero-order valence-electron chi connectivity index (χ0n) is 11.8. The van der Waals surface area contributed by atoms with E-state index in [9.17, 15) is 18.3 Å². The van der Waals surface area contributed by atoms with Gasteiger partial charge >= 0.3 is 5.97 Å². The van der Waals surface area contributed by atoms with Crippen LogP contribution in [0.1, 0.15) is 24.0 Å². The van der Waals surface area contributed by atoms with Crippen LogP contribution in [0.4, 0.5) is 0 Å². The second-order valence-electron chi connectivity index (χ2n) is 5.19. The first-order chi connectivity index (χ1) is 9.21. The number of carboxylic acid groups (broad SMARTS) is 1. The van der Waals surface area contributed by atoms with Crippen molar-refractivity contribution in [2.75, 3.05) is 18.6 Å². The zero-order valence-corrected chi connectivity index (χ0v) is 12.6. The number of carbonyl (C=O) groups is 1. The molecule has 1 atom stereocenters. The quantitative estimate of drug-likeness (QED) is 0.785. The third-order valence-corrected chi connectivity index (χ3v) is 4.51. The third-order valence-electron chi connectivity index (χ3n) is 3.48. The Labute approximate surface area is 119 Å². The van der Waals surface area contributed by atoms with Crippen LogP contribution in [0, 0.1) is 6.92 Å². The second-order valence-corrected chi connectivity index (χ2v) is 7.45. The molecule has 0 saturated carbocycles. The van der Waals surface area contributed by atoms with E-state index in [1.807, 2.05) is 19.1 Å². The second kappa shape index (κ2) is 6.37. The van der Waals surface area contributed by atoms with Crippen LogP contribution in [0.3, 0.4) is 0 Å². The molecule has 0 spiro atoms. The molecule has 0 aromatic heterocycles. The highest BCUT2D eigenvalue weighted by Crippen LogP contribution is 2.29. The van der Waals surface area contributed by atoms with Crippen molar-refractivity contribution in [3.63, 3.8) is 0 Å². The number of aryl methyl sites for hydroxylation is 1. The lowest BCUT2D eigenvalue weighted by molar-refractivity contribution is -0.143. The number of carboxylic acids is 1. The van der Waals surface area contributed by atoms with Crippen molar-refractivity contribution >= 4 is 15.8 Å². The number of hydrogen-bond acceptors (Lipinski definition) is 4. The number of hydrogen-bond donors (Lipinski definition) is 2. The monoisotopic (exact) mass is 299 g/mol. The van der Waals surface area contributed by atoms with Crippen LogP contribution in [0.2, 0.25) is 0 Å². The van der Waals surface area contributed by atoms with Crippen molar-refractivity contribution in [1.82, 2.24) is 0 Å². The Hall–Kier alpha value is -1.40. The molecule has 0 saturated heterocycles. The van der Waals surface area contributed by atoms with Crippen LogP contribution >= 0.6 is 0 Å². The van der Waals surface area contributed by atoms with Gasteiger partial charge in [-0.1, -0.05) is 29.8 Å². The lowest BCUT2D eigenvalue weighted by Gasteiger charge is -2.28. The van der Waals surface area contributed by atoms with Gasteiger partial charge in [-0.15, -0.1) is 0 Å². The Kier molecular flexibility index (Phi) is 5.30. The van der Waals surface area contributed by atoms with E-state index in [2.05, 4.69) is 0 Å². The first-order valence-corrected chi connectivity index (χ1v) is 8.46. The van der Waals surface area contributed by atoms with Gasteiger partial charge in [-0.25, -0.2) is 8.42 Å². The van der Waals surface area contributed by atoms with Crippen molar-refractivity contribution in [1.29, 1.82) is 0 Å². The maximum Gasteiger partial charge on any atom is 0.315 e. The van der Waals surface area contributed by atoms with E-state index in [4.69, 9.17) is 5.73 Å². The van der Waals surface area contributed by atoms with E-state index in [1.54, 1.807) is 12.1 Å². The number of aliphatic carboxylic acids is 1. The van der Waals surface area contributed by atoms with Crippen molar-refractivity contribution in [3.05, 3.63) is 35.4 Å². The number of sulfone groups is 1. The van der Waals surface area contributed by atoms with E-state index >= 15 is 0 Å². The molecule has 1 rings (SSSR count). The van der Waals surface area contributed by atoms with Gasteiger partial charge in [0.1, 0.15) is 15.3 Å². The Balaban J connectivity index is 3.03. The molecule has 0 bridgehead atoms. The van der Waals surface area contributed by atoms with Gasteiger partial charge in [0.25, 0.3) is 0 Å². The fourth-order valence-electron chi connectivity index (χ4n) is 2.19. The molecule has 6 heteroatoms. The smallest absolute Gasteiger partial charge is 0.315 e. The van der Waals surface area contributed by atoms with Gasteiger partial charge in [0.05, 0.1) is 0 Å². The number of nitrogens with two attached hydrogens (primary N) is 1. The van der Waals surface area contributed by atoms with Crippen molar-refractivity contribution < 1.29 is 18.3 Å². The summed E-state index contributed by atoms with van der Waals surface area (Å²) in [5, 5.41) is 9.55. The largest absolute Gasteiger partial charge is 0.481 e. The fraction of sp³-hybridized carbons (Fsp3) is 0.500. The Morgan fingerprint density at radius 3 is 2.25 bits per heavy atom. The highest BCUT2D eigenvalue weighted by atomic mass is 32.2. The predicted molar refractivity (Wildman–Crippen MR) is 78.5 cm³/mol. The summed E-state index contributed by atoms with van der Waals surface area (Å²) in [6, 6.07) is 7.16.